The van der Waals surface area contributed by atoms with Gasteiger partial charge in [-0.15, -0.1) is 11.3 Å². The van der Waals surface area contributed by atoms with Crippen LogP contribution in [0.15, 0.2) is 35.7 Å². The van der Waals surface area contributed by atoms with E-state index in [1.165, 1.54) is 17.7 Å². The number of nitrogens with zero attached hydrogens (tertiary/aromatic N) is 1. The molecule has 1 aliphatic heterocycles. The number of rotatable bonds is 1. The smallest absolute Gasteiger partial charge is 0.0566 e. The minimum atomic E-state index is 0.344. The Hall–Kier alpha value is -1.28. The van der Waals surface area contributed by atoms with Crippen molar-refractivity contribution in [3.8, 4) is 0 Å². The number of hydrogen-bond acceptors (Lipinski definition) is 2. The van der Waals surface area contributed by atoms with Gasteiger partial charge in [0.1, 0.15) is 0 Å². The van der Waals surface area contributed by atoms with Crippen molar-refractivity contribution in [3.05, 3.63) is 51.7 Å². The van der Waals surface area contributed by atoms with Crippen LogP contribution < -0.4 is 4.90 Å². The van der Waals surface area contributed by atoms with Gasteiger partial charge in [0.2, 0.25) is 0 Å². The number of aryl methyl sites for hydroxylation is 1. The van der Waals surface area contributed by atoms with Gasteiger partial charge in [-0.1, -0.05) is 25.1 Å². The molecule has 2 aromatic rings. The van der Waals surface area contributed by atoms with E-state index in [-0.39, 0.29) is 0 Å². The van der Waals surface area contributed by atoms with Crippen molar-refractivity contribution >= 4 is 17.0 Å². The van der Waals surface area contributed by atoms with Crippen LogP contribution in [0.1, 0.15) is 42.3 Å². The molecule has 0 radical (unpaired) electrons. The molecule has 4 rings (SSSR count). The molecule has 0 amide bonds. The fourth-order valence-electron chi connectivity index (χ4n) is 4.07. The molecular formula is C17H19NS. The topological polar surface area (TPSA) is 3.24 Å². The van der Waals surface area contributed by atoms with Gasteiger partial charge < -0.3 is 4.90 Å². The Kier molecular flexibility index (Phi) is 2.21. The van der Waals surface area contributed by atoms with Gasteiger partial charge in [0.05, 0.1) is 6.04 Å². The summed E-state index contributed by atoms with van der Waals surface area (Å²) in [6.07, 6.45) is 1.28. The summed E-state index contributed by atoms with van der Waals surface area (Å²) in [5.41, 5.74) is 4.73. The van der Waals surface area contributed by atoms with Gasteiger partial charge in [-0.25, -0.2) is 0 Å². The van der Waals surface area contributed by atoms with Gasteiger partial charge >= 0.3 is 0 Å². The van der Waals surface area contributed by atoms with Crippen LogP contribution >= 0.6 is 11.3 Å². The molecule has 1 aliphatic carbocycles. The summed E-state index contributed by atoms with van der Waals surface area (Å²) in [5, 5.41) is 2.27. The Balaban J connectivity index is 1.88. The molecule has 1 fully saturated rings. The van der Waals surface area contributed by atoms with E-state index in [1.807, 2.05) is 11.3 Å². The van der Waals surface area contributed by atoms with Gasteiger partial charge in [-0.2, -0.15) is 0 Å². The first-order chi connectivity index (χ1) is 9.13. The predicted octanol–water partition coefficient (Wildman–Crippen LogP) is 4.67. The lowest BCUT2D eigenvalue weighted by molar-refractivity contribution is 0.458. The summed E-state index contributed by atoms with van der Waals surface area (Å²) in [7, 11) is 0. The van der Waals surface area contributed by atoms with Gasteiger partial charge in [0.25, 0.3) is 0 Å². The van der Waals surface area contributed by atoms with Crippen LogP contribution in [0, 0.1) is 6.92 Å². The Morgan fingerprint density at radius 1 is 1.26 bits per heavy atom. The molecular weight excluding hydrogens is 250 g/mol. The van der Waals surface area contributed by atoms with Crippen molar-refractivity contribution < 1.29 is 0 Å². The highest BCUT2D eigenvalue weighted by Crippen LogP contribution is 2.60. The van der Waals surface area contributed by atoms with E-state index < -0.39 is 0 Å². The number of hydrogen-bond donors (Lipinski definition) is 0. The number of para-hydroxylation sites is 1. The Bertz CT molecular complexity index is 644. The van der Waals surface area contributed by atoms with E-state index in [1.54, 1.807) is 10.4 Å². The van der Waals surface area contributed by atoms with E-state index >= 15 is 0 Å². The van der Waals surface area contributed by atoms with Gasteiger partial charge in [-0.3, -0.25) is 0 Å². The zero-order chi connectivity index (χ0) is 13.2. The summed E-state index contributed by atoms with van der Waals surface area (Å²) >= 11 is 1.95. The van der Waals surface area contributed by atoms with Gasteiger partial charge in [0.15, 0.2) is 0 Å². The van der Waals surface area contributed by atoms with E-state index in [0.717, 1.165) is 0 Å². The second-order valence-corrected chi connectivity index (χ2v) is 7.13. The quantitative estimate of drug-likeness (QED) is 0.727. The average Bonchev–Trinajstić information content (AvgIpc) is 3.02. The van der Waals surface area contributed by atoms with Gasteiger partial charge in [-0.05, 0) is 48.9 Å². The lowest BCUT2D eigenvalue weighted by atomic mass is 9.83. The molecule has 2 heteroatoms. The molecule has 1 saturated heterocycles. The molecule has 2 unspecified atom stereocenters. The van der Waals surface area contributed by atoms with Crippen LogP contribution in [0.5, 0.6) is 0 Å². The minimum Gasteiger partial charge on any atom is -0.361 e. The summed E-state index contributed by atoms with van der Waals surface area (Å²) in [6.45, 7) is 7.07. The maximum Gasteiger partial charge on any atom is 0.0566 e. The predicted molar refractivity (Wildman–Crippen MR) is 82.1 cm³/mol. The average molecular weight is 269 g/mol. The van der Waals surface area contributed by atoms with Crippen molar-refractivity contribution in [1.29, 1.82) is 0 Å². The van der Waals surface area contributed by atoms with Crippen molar-refractivity contribution in [3.63, 3.8) is 0 Å². The molecule has 1 nitrogen and oxygen atoms in total. The maximum absolute atomic E-state index is 2.66. The molecule has 1 aromatic carbocycles. The molecule has 19 heavy (non-hydrogen) atoms. The lowest BCUT2D eigenvalue weighted by Crippen LogP contribution is -2.42. The molecule has 0 spiro atoms. The Morgan fingerprint density at radius 2 is 2.05 bits per heavy atom. The minimum absolute atomic E-state index is 0.344. The van der Waals surface area contributed by atoms with Crippen LogP contribution in [-0.2, 0) is 5.41 Å². The van der Waals surface area contributed by atoms with Crippen LogP contribution in [0.25, 0.3) is 0 Å². The van der Waals surface area contributed by atoms with Crippen molar-refractivity contribution in [2.45, 2.75) is 44.7 Å². The Morgan fingerprint density at radius 3 is 2.84 bits per heavy atom. The summed E-state index contributed by atoms with van der Waals surface area (Å²) < 4.78 is 0. The SMILES string of the molecule is Cc1ccccc1N1C2CC(C)(c3sccc32)[C@@H]1C. The third-order valence-corrected chi connectivity index (χ3v) is 6.47. The summed E-state index contributed by atoms with van der Waals surface area (Å²) in [6, 6.07) is 12.3. The first-order valence-corrected chi connectivity index (χ1v) is 7.93. The second-order valence-electron chi connectivity index (χ2n) is 6.21. The molecule has 2 aliphatic rings. The number of fused-ring (bicyclic) bond motifs is 5. The van der Waals surface area contributed by atoms with Crippen molar-refractivity contribution in [2.24, 2.45) is 0 Å². The fourth-order valence-corrected chi connectivity index (χ4v) is 5.28. The second kappa shape index (κ2) is 3.63. The van der Waals surface area contributed by atoms with Crippen LogP contribution in [0.3, 0.4) is 0 Å². The molecule has 2 bridgehead atoms. The lowest BCUT2D eigenvalue weighted by Gasteiger charge is -2.39. The highest BCUT2D eigenvalue weighted by molar-refractivity contribution is 7.10. The number of benzene rings is 1. The number of anilines is 1. The molecule has 1 aromatic heterocycles. The van der Waals surface area contributed by atoms with Crippen molar-refractivity contribution in [2.75, 3.05) is 4.90 Å². The first-order valence-electron chi connectivity index (χ1n) is 7.05. The highest BCUT2D eigenvalue weighted by atomic mass is 32.1. The third kappa shape index (κ3) is 1.30. The third-order valence-electron chi connectivity index (χ3n) is 5.26. The first kappa shape index (κ1) is 11.5. The van der Waals surface area contributed by atoms with Crippen LogP contribution in [0.2, 0.25) is 0 Å². The monoisotopic (exact) mass is 269 g/mol. The largest absolute Gasteiger partial charge is 0.361 e. The van der Waals surface area contributed by atoms with Crippen LogP contribution in [-0.4, -0.2) is 6.04 Å². The molecule has 3 atom stereocenters. The summed E-state index contributed by atoms with van der Waals surface area (Å²) in [4.78, 5) is 4.29. The van der Waals surface area contributed by atoms with E-state index in [9.17, 15) is 0 Å². The molecule has 98 valence electrons. The van der Waals surface area contributed by atoms with E-state index in [4.69, 9.17) is 0 Å². The molecule has 0 N–H and O–H groups in total. The van der Waals surface area contributed by atoms with Crippen molar-refractivity contribution in [1.82, 2.24) is 0 Å². The van der Waals surface area contributed by atoms with E-state index in [2.05, 4.69) is 61.4 Å². The van der Waals surface area contributed by atoms with Gasteiger partial charge in [0, 0.05) is 22.0 Å². The van der Waals surface area contributed by atoms with E-state index in [0.29, 0.717) is 17.5 Å². The van der Waals surface area contributed by atoms with Crippen LogP contribution in [0.4, 0.5) is 5.69 Å². The number of thiophene rings is 1. The normalized spacial score (nSPS) is 31.8. The Labute approximate surface area is 118 Å². The maximum atomic E-state index is 2.66. The zero-order valence-corrected chi connectivity index (χ0v) is 12.5. The summed E-state index contributed by atoms with van der Waals surface area (Å²) in [5.74, 6) is 0. The standard InChI is InChI=1S/C17H19NS/c1-11-6-4-5-7-14(11)18-12(2)17(3)10-15(18)13-8-9-19-16(13)17/h4-9,12,15H,10H2,1-3H3/t12-,15?,17?/m0/s1. The zero-order valence-electron chi connectivity index (χ0n) is 11.7. The fraction of sp³-hybridized carbons (Fsp3) is 0.412. The molecule has 2 heterocycles. The molecule has 0 saturated carbocycles. The highest BCUT2D eigenvalue weighted by Gasteiger charge is 2.56.